The normalized spacial score (nSPS) is 16.5. The predicted octanol–water partition coefficient (Wildman–Crippen LogP) is 4.39. The van der Waals surface area contributed by atoms with Crippen LogP contribution in [0.15, 0.2) is 48.5 Å². The van der Waals surface area contributed by atoms with Crippen molar-refractivity contribution in [2.75, 3.05) is 7.11 Å². The highest BCUT2D eigenvalue weighted by molar-refractivity contribution is 6.17. The van der Waals surface area contributed by atoms with Crippen LogP contribution in [0.1, 0.15) is 40.9 Å². The van der Waals surface area contributed by atoms with Crippen LogP contribution in [0.25, 0.3) is 10.9 Å². The summed E-state index contributed by atoms with van der Waals surface area (Å²) < 4.78 is 7.50. The number of aromatic nitrogens is 1. The lowest BCUT2D eigenvalue weighted by Gasteiger charge is -2.07. The third-order valence-corrected chi connectivity index (χ3v) is 4.84. The number of ether oxygens (including phenoxy) is 1. The van der Waals surface area contributed by atoms with Crippen molar-refractivity contribution >= 4 is 16.7 Å². The zero-order valence-corrected chi connectivity index (χ0v) is 13.4. The minimum atomic E-state index is 0.103. The molecule has 4 rings (SSSR count). The van der Waals surface area contributed by atoms with Crippen molar-refractivity contribution in [3.8, 4) is 5.75 Å². The summed E-state index contributed by atoms with van der Waals surface area (Å²) in [4.78, 5) is 13.2. The number of aryl methyl sites for hydroxylation is 1. The second-order valence-corrected chi connectivity index (χ2v) is 6.18. The van der Waals surface area contributed by atoms with Crippen molar-refractivity contribution in [2.24, 2.45) is 0 Å². The van der Waals surface area contributed by atoms with Crippen LogP contribution in [-0.2, 0) is 6.54 Å². The summed E-state index contributed by atoms with van der Waals surface area (Å²) in [6.45, 7) is 3.20. The molecule has 3 heteroatoms. The van der Waals surface area contributed by atoms with Gasteiger partial charge in [0.2, 0.25) is 0 Å². The quantitative estimate of drug-likeness (QED) is 0.672. The number of fused-ring (bicyclic) bond motifs is 3. The minimum absolute atomic E-state index is 0.103. The van der Waals surface area contributed by atoms with E-state index in [1.165, 1.54) is 11.2 Å². The number of carbonyl (C=O) groups is 1. The number of hydrogen-bond donors (Lipinski definition) is 0. The summed E-state index contributed by atoms with van der Waals surface area (Å²) in [5, 5.41) is 1.06. The Balaban J connectivity index is 1.91. The maximum absolute atomic E-state index is 13.2. The Kier molecular flexibility index (Phi) is 3.22. The molecule has 2 aromatic carbocycles. The van der Waals surface area contributed by atoms with Gasteiger partial charge in [-0.15, -0.1) is 0 Å². The lowest BCUT2D eigenvalue weighted by Crippen LogP contribution is -2.05. The zero-order valence-electron chi connectivity index (χ0n) is 13.4. The summed E-state index contributed by atoms with van der Waals surface area (Å²) >= 11 is 0. The van der Waals surface area contributed by atoms with Crippen LogP contribution in [0.3, 0.4) is 0 Å². The fourth-order valence-corrected chi connectivity index (χ4v) is 3.66. The van der Waals surface area contributed by atoms with E-state index in [1.54, 1.807) is 7.11 Å². The molecule has 3 nitrogen and oxygen atoms in total. The molecule has 0 saturated carbocycles. The van der Waals surface area contributed by atoms with E-state index in [0.29, 0.717) is 11.5 Å². The Hall–Kier alpha value is -2.55. The van der Waals surface area contributed by atoms with Crippen LogP contribution in [0.4, 0.5) is 0 Å². The standard InChI is InChI=1S/C20H19NO2/c1-13-11-12-21-17-6-4-3-5-16(17)18(19(13)21)20(22)14-7-9-15(23-2)10-8-14/h3-10,13H,11-12H2,1-2H3/t13-/m0/s1. The lowest BCUT2D eigenvalue weighted by atomic mass is 9.95. The number of carbonyl (C=O) groups excluding carboxylic acids is 1. The number of benzene rings is 2. The number of hydrogen-bond acceptors (Lipinski definition) is 2. The molecule has 23 heavy (non-hydrogen) atoms. The Morgan fingerprint density at radius 3 is 2.61 bits per heavy atom. The molecule has 0 fully saturated rings. The molecule has 0 spiro atoms. The highest BCUT2D eigenvalue weighted by Gasteiger charge is 2.30. The minimum Gasteiger partial charge on any atom is -0.497 e. The predicted molar refractivity (Wildman–Crippen MR) is 91.4 cm³/mol. The lowest BCUT2D eigenvalue weighted by molar-refractivity contribution is 0.103. The molecule has 3 aromatic rings. The first-order valence-corrected chi connectivity index (χ1v) is 8.00. The van der Waals surface area contributed by atoms with Crippen LogP contribution >= 0.6 is 0 Å². The van der Waals surface area contributed by atoms with Crippen molar-refractivity contribution in [2.45, 2.75) is 25.8 Å². The highest BCUT2D eigenvalue weighted by atomic mass is 16.5. The first-order valence-electron chi connectivity index (χ1n) is 8.00. The van der Waals surface area contributed by atoms with E-state index in [-0.39, 0.29) is 5.78 Å². The second kappa shape index (κ2) is 5.27. The molecule has 0 unspecified atom stereocenters. The van der Waals surface area contributed by atoms with Crippen LogP contribution < -0.4 is 4.74 Å². The summed E-state index contributed by atoms with van der Waals surface area (Å²) in [6.07, 6.45) is 1.10. The van der Waals surface area contributed by atoms with E-state index in [0.717, 1.165) is 29.7 Å². The molecule has 0 saturated heterocycles. The van der Waals surface area contributed by atoms with Gasteiger partial charge >= 0.3 is 0 Å². The monoisotopic (exact) mass is 305 g/mol. The van der Waals surface area contributed by atoms with E-state index in [2.05, 4.69) is 23.6 Å². The first kappa shape index (κ1) is 14.1. The van der Waals surface area contributed by atoms with E-state index in [4.69, 9.17) is 4.74 Å². The van der Waals surface area contributed by atoms with Crippen LogP contribution in [0, 0.1) is 0 Å². The van der Waals surface area contributed by atoms with Crippen molar-refractivity contribution in [1.82, 2.24) is 4.57 Å². The number of nitrogens with zero attached hydrogens (tertiary/aromatic N) is 1. The van der Waals surface area contributed by atoms with Gasteiger partial charge in [0.15, 0.2) is 5.78 Å². The van der Waals surface area contributed by atoms with E-state index < -0.39 is 0 Å². The van der Waals surface area contributed by atoms with Crippen molar-refractivity contribution in [1.29, 1.82) is 0 Å². The summed E-state index contributed by atoms with van der Waals surface area (Å²) in [5.74, 6) is 1.29. The van der Waals surface area contributed by atoms with E-state index in [1.807, 2.05) is 36.4 Å². The SMILES string of the molecule is COc1ccc(C(=O)c2c3n(c4ccccc24)CC[C@@H]3C)cc1. The molecular formula is C20H19NO2. The van der Waals surface area contributed by atoms with Crippen LogP contribution in [0.5, 0.6) is 5.75 Å². The average Bonchev–Trinajstić information content (AvgIpc) is 3.13. The van der Waals surface area contributed by atoms with Crippen molar-refractivity contribution < 1.29 is 9.53 Å². The van der Waals surface area contributed by atoms with Gasteiger partial charge < -0.3 is 9.30 Å². The van der Waals surface area contributed by atoms with Gasteiger partial charge in [0.1, 0.15) is 5.75 Å². The summed E-state index contributed by atoms with van der Waals surface area (Å²) in [5.41, 5.74) is 3.94. The van der Waals surface area contributed by atoms with Gasteiger partial charge in [-0.25, -0.2) is 0 Å². The topological polar surface area (TPSA) is 31.2 Å². The molecule has 0 amide bonds. The Morgan fingerprint density at radius 1 is 1.13 bits per heavy atom. The van der Waals surface area contributed by atoms with Gasteiger partial charge in [-0.2, -0.15) is 0 Å². The first-order chi connectivity index (χ1) is 11.2. The molecule has 1 atom stereocenters. The molecular weight excluding hydrogens is 286 g/mol. The van der Waals surface area contributed by atoms with Crippen molar-refractivity contribution in [3.05, 3.63) is 65.4 Å². The van der Waals surface area contributed by atoms with E-state index in [9.17, 15) is 4.79 Å². The van der Waals surface area contributed by atoms with Gasteiger partial charge in [-0.05, 0) is 42.7 Å². The number of methoxy groups -OCH3 is 1. The third kappa shape index (κ3) is 2.07. The Morgan fingerprint density at radius 2 is 1.87 bits per heavy atom. The largest absolute Gasteiger partial charge is 0.497 e. The molecule has 1 aliphatic heterocycles. The fraction of sp³-hybridized carbons (Fsp3) is 0.250. The van der Waals surface area contributed by atoms with Gasteiger partial charge in [-0.3, -0.25) is 4.79 Å². The summed E-state index contributed by atoms with van der Waals surface area (Å²) in [6, 6.07) is 15.6. The van der Waals surface area contributed by atoms with Crippen LogP contribution in [0.2, 0.25) is 0 Å². The molecule has 0 aliphatic carbocycles. The smallest absolute Gasteiger partial charge is 0.195 e. The average molecular weight is 305 g/mol. The third-order valence-electron chi connectivity index (χ3n) is 4.84. The van der Waals surface area contributed by atoms with Gasteiger partial charge in [0.25, 0.3) is 0 Å². The van der Waals surface area contributed by atoms with Gasteiger partial charge in [0, 0.05) is 28.7 Å². The summed E-state index contributed by atoms with van der Waals surface area (Å²) in [7, 11) is 1.63. The Labute approximate surface area is 135 Å². The van der Waals surface area contributed by atoms with Crippen LogP contribution in [-0.4, -0.2) is 17.5 Å². The molecule has 1 aliphatic rings. The molecule has 116 valence electrons. The Bertz CT molecular complexity index is 890. The van der Waals surface area contributed by atoms with Gasteiger partial charge in [-0.1, -0.05) is 25.1 Å². The molecule has 0 bridgehead atoms. The maximum Gasteiger partial charge on any atom is 0.195 e. The maximum atomic E-state index is 13.2. The number of ketones is 1. The van der Waals surface area contributed by atoms with Gasteiger partial charge in [0.05, 0.1) is 12.7 Å². The van der Waals surface area contributed by atoms with E-state index >= 15 is 0 Å². The highest BCUT2D eigenvalue weighted by Crippen LogP contribution is 2.39. The fourth-order valence-electron chi connectivity index (χ4n) is 3.66. The molecule has 0 N–H and O–H groups in total. The second-order valence-electron chi connectivity index (χ2n) is 6.18. The zero-order chi connectivity index (χ0) is 16.0. The number of para-hydroxylation sites is 1. The van der Waals surface area contributed by atoms with Crippen molar-refractivity contribution in [3.63, 3.8) is 0 Å². The molecule has 0 radical (unpaired) electrons. The number of rotatable bonds is 3. The molecule has 1 aromatic heterocycles. The molecule has 2 heterocycles.